The first-order valence-electron chi connectivity index (χ1n) is 6.75. The number of fused-ring (bicyclic) bond motifs is 3. The van der Waals surface area contributed by atoms with Crippen molar-refractivity contribution in [2.75, 3.05) is 0 Å². The number of ether oxygens (including phenoxy) is 1. The molecular weight excluding hydrogens is 272 g/mol. The van der Waals surface area contributed by atoms with E-state index in [9.17, 15) is 9.59 Å². The van der Waals surface area contributed by atoms with Gasteiger partial charge in [0.15, 0.2) is 5.76 Å². The van der Waals surface area contributed by atoms with Crippen molar-refractivity contribution >= 4 is 23.3 Å². The zero-order valence-corrected chi connectivity index (χ0v) is 12.2. The molecule has 3 aliphatic rings. The fourth-order valence-corrected chi connectivity index (χ4v) is 3.88. The highest BCUT2D eigenvalue weighted by Gasteiger charge is 2.40. The first-order chi connectivity index (χ1) is 9.58. The maximum absolute atomic E-state index is 12.4. The molecule has 4 heteroatoms. The Hall–Kier alpha value is -1.55. The van der Waals surface area contributed by atoms with E-state index in [1.807, 2.05) is 37.3 Å². The Morgan fingerprint density at radius 2 is 1.95 bits per heavy atom. The summed E-state index contributed by atoms with van der Waals surface area (Å²) in [5, 5.41) is 0.269. The third-order valence-electron chi connectivity index (χ3n) is 3.87. The highest BCUT2D eigenvalue weighted by Crippen LogP contribution is 2.39. The standard InChI is InChI=1S/C16H16O3S/c1-9-10(2)20-14-8-13(19-9)16(18)15(17)12-7-5-3-4-6-11(12)14/h3-10,12,14H,1-2H3. The van der Waals surface area contributed by atoms with Crippen LogP contribution in [0.5, 0.6) is 0 Å². The SMILES string of the molecule is CC1OC2=CC(SC1C)C1=CC=CC=CC1C(=O)C2=O. The largest absolute Gasteiger partial charge is 0.486 e. The Morgan fingerprint density at radius 3 is 2.75 bits per heavy atom. The Balaban J connectivity index is 2.10. The normalized spacial score (nSPS) is 36.1. The minimum atomic E-state index is -0.503. The van der Waals surface area contributed by atoms with Crippen molar-refractivity contribution in [1.29, 1.82) is 0 Å². The minimum Gasteiger partial charge on any atom is -0.486 e. The number of thioether (sulfide) groups is 1. The molecule has 20 heavy (non-hydrogen) atoms. The monoisotopic (exact) mass is 288 g/mol. The summed E-state index contributed by atoms with van der Waals surface area (Å²) in [5.41, 5.74) is 0.970. The van der Waals surface area contributed by atoms with E-state index in [0.717, 1.165) is 5.57 Å². The van der Waals surface area contributed by atoms with Crippen LogP contribution in [0.25, 0.3) is 0 Å². The van der Waals surface area contributed by atoms with Crippen LogP contribution in [0.3, 0.4) is 0 Å². The van der Waals surface area contributed by atoms with Gasteiger partial charge in [-0.15, -0.1) is 11.8 Å². The van der Waals surface area contributed by atoms with E-state index in [0.29, 0.717) is 0 Å². The molecule has 4 atom stereocenters. The molecule has 2 aliphatic carbocycles. The van der Waals surface area contributed by atoms with Crippen LogP contribution in [0, 0.1) is 5.92 Å². The molecule has 3 rings (SSSR count). The number of rotatable bonds is 0. The number of hydrogen-bond donors (Lipinski definition) is 0. The van der Waals surface area contributed by atoms with E-state index in [-0.39, 0.29) is 22.4 Å². The Labute approximate surface area is 122 Å². The smallest absolute Gasteiger partial charge is 0.263 e. The third kappa shape index (κ3) is 2.18. The molecule has 0 saturated heterocycles. The van der Waals surface area contributed by atoms with E-state index < -0.39 is 17.5 Å². The average molecular weight is 288 g/mol. The molecule has 0 aromatic heterocycles. The average Bonchev–Trinajstić information content (AvgIpc) is 2.77. The zero-order valence-electron chi connectivity index (χ0n) is 11.4. The summed E-state index contributed by atoms with van der Waals surface area (Å²) < 4.78 is 5.69. The molecule has 0 aromatic rings. The first kappa shape index (κ1) is 13.4. The number of carbonyl (C=O) groups is 2. The summed E-state index contributed by atoms with van der Waals surface area (Å²) in [7, 11) is 0. The van der Waals surface area contributed by atoms with E-state index in [1.54, 1.807) is 17.8 Å². The molecule has 0 saturated carbocycles. The second-order valence-electron chi connectivity index (χ2n) is 5.22. The predicted molar refractivity (Wildman–Crippen MR) is 79.3 cm³/mol. The maximum atomic E-state index is 12.4. The quantitative estimate of drug-likeness (QED) is 0.643. The summed E-state index contributed by atoms with van der Waals surface area (Å²) in [6.45, 7) is 4.02. The highest BCUT2D eigenvalue weighted by molar-refractivity contribution is 8.00. The van der Waals surface area contributed by atoms with Gasteiger partial charge >= 0.3 is 0 Å². The van der Waals surface area contributed by atoms with E-state index in [4.69, 9.17) is 4.74 Å². The predicted octanol–water partition coefficient (Wildman–Crippen LogP) is 2.60. The molecule has 0 spiro atoms. The summed E-state index contributed by atoms with van der Waals surface area (Å²) in [6, 6.07) is 0. The molecule has 3 nitrogen and oxygen atoms in total. The fourth-order valence-electron chi connectivity index (χ4n) is 2.55. The summed E-state index contributed by atoms with van der Waals surface area (Å²) in [5.74, 6) is -1.15. The fraction of sp³-hybridized carbons (Fsp3) is 0.375. The summed E-state index contributed by atoms with van der Waals surface area (Å²) in [6.07, 6.45) is 11.1. The van der Waals surface area contributed by atoms with Crippen LogP contribution in [-0.2, 0) is 14.3 Å². The van der Waals surface area contributed by atoms with Gasteiger partial charge in [-0.1, -0.05) is 30.4 Å². The van der Waals surface area contributed by atoms with Crippen molar-refractivity contribution in [2.45, 2.75) is 30.5 Å². The molecule has 0 fully saturated rings. The van der Waals surface area contributed by atoms with Gasteiger partial charge in [-0.3, -0.25) is 9.59 Å². The maximum Gasteiger partial charge on any atom is 0.263 e. The number of ketones is 2. The van der Waals surface area contributed by atoms with Gasteiger partial charge in [0, 0.05) is 10.5 Å². The van der Waals surface area contributed by atoms with Gasteiger partial charge in [-0.2, -0.15) is 0 Å². The van der Waals surface area contributed by atoms with Crippen LogP contribution in [-0.4, -0.2) is 28.2 Å². The lowest BCUT2D eigenvalue weighted by Crippen LogP contribution is -2.30. The lowest BCUT2D eigenvalue weighted by molar-refractivity contribution is -0.137. The van der Waals surface area contributed by atoms with Crippen LogP contribution in [0.2, 0.25) is 0 Å². The summed E-state index contributed by atoms with van der Waals surface area (Å²) in [4.78, 5) is 24.7. The molecule has 0 N–H and O–H groups in total. The second-order valence-corrected chi connectivity index (χ2v) is 6.75. The Kier molecular flexibility index (Phi) is 3.42. The Morgan fingerprint density at radius 1 is 1.15 bits per heavy atom. The Bertz CT molecular complexity index is 583. The first-order valence-corrected chi connectivity index (χ1v) is 7.69. The molecular formula is C16H16O3S. The van der Waals surface area contributed by atoms with Gasteiger partial charge < -0.3 is 4.74 Å². The van der Waals surface area contributed by atoms with Crippen LogP contribution in [0.1, 0.15) is 13.8 Å². The second kappa shape index (κ2) is 5.09. The van der Waals surface area contributed by atoms with E-state index >= 15 is 0 Å². The molecule has 1 aliphatic heterocycles. The van der Waals surface area contributed by atoms with Crippen LogP contribution in [0.4, 0.5) is 0 Å². The highest BCUT2D eigenvalue weighted by atomic mass is 32.2. The minimum absolute atomic E-state index is 0.0118. The van der Waals surface area contributed by atoms with Gasteiger partial charge in [0.25, 0.3) is 5.78 Å². The van der Waals surface area contributed by atoms with Gasteiger partial charge in [0.05, 0.1) is 5.92 Å². The lowest BCUT2D eigenvalue weighted by Gasteiger charge is -2.24. The van der Waals surface area contributed by atoms with Crippen molar-refractivity contribution in [1.82, 2.24) is 0 Å². The molecule has 4 unspecified atom stereocenters. The van der Waals surface area contributed by atoms with Gasteiger partial charge in [0.2, 0.25) is 5.78 Å². The number of allylic oxidation sites excluding steroid dienone is 6. The number of Topliss-reactive ketones (excluding diaryl/α,β-unsaturated/α-hetero) is 2. The van der Waals surface area contributed by atoms with Gasteiger partial charge in [-0.25, -0.2) is 0 Å². The number of hydrogen-bond acceptors (Lipinski definition) is 4. The molecule has 0 aromatic carbocycles. The van der Waals surface area contributed by atoms with Crippen molar-refractivity contribution in [3.8, 4) is 0 Å². The van der Waals surface area contributed by atoms with Gasteiger partial charge in [0.1, 0.15) is 6.10 Å². The van der Waals surface area contributed by atoms with Crippen LogP contribution in [0.15, 0.2) is 47.8 Å². The van der Waals surface area contributed by atoms with Crippen molar-refractivity contribution in [3.63, 3.8) is 0 Å². The lowest BCUT2D eigenvalue weighted by atomic mass is 9.92. The van der Waals surface area contributed by atoms with E-state index in [1.165, 1.54) is 0 Å². The molecule has 2 bridgehead atoms. The zero-order chi connectivity index (χ0) is 14.3. The van der Waals surface area contributed by atoms with Crippen LogP contribution < -0.4 is 0 Å². The summed E-state index contributed by atoms with van der Waals surface area (Å²) >= 11 is 1.74. The molecule has 0 amide bonds. The molecule has 104 valence electrons. The van der Waals surface area contributed by atoms with Crippen molar-refractivity contribution in [2.24, 2.45) is 5.92 Å². The van der Waals surface area contributed by atoms with Gasteiger partial charge in [-0.05, 0) is 25.5 Å². The number of carbonyl (C=O) groups excluding carboxylic acids is 2. The van der Waals surface area contributed by atoms with E-state index in [2.05, 4.69) is 6.92 Å². The van der Waals surface area contributed by atoms with Crippen molar-refractivity contribution < 1.29 is 14.3 Å². The molecule has 0 radical (unpaired) electrons. The van der Waals surface area contributed by atoms with Crippen molar-refractivity contribution in [3.05, 3.63) is 47.8 Å². The van der Waals surface area contributed by atoms with Crippen LogP contribution >= 0.6 is 11.8 Å². The molecule has 1 heterocycles. The topological polar surface area (TPSA) is 43.4 Å². The third-order valence-corrected chi connectivity index (χ3v) is 5.38.